The van der Waals surface area contributed by atoms with Crippen LogP contribution in [0.5, 0.6) is 0 Å². The van der Waals surface area contributed by atoms with Gasteiger partial charge in [-0.25, -0.2) is 4.98 Å². The van der Waals surface area contributed by atoms with Crippen molar-refractivity contribution < 1.29 is 4.79 Å². The maximum Gasteiger partial charge on any atom is 0.240 e. The molecule has 0 aromatic carbocycles. The van der Waals surface area contributed by atoms with E-state index in [1.54, 1.807) is 12.3 Å². The Bertz CT molecular complexity index is 476. The summed E-state index contributed by atoms with van der Waals surface area (Å²) >= 11 is 11.9. The molecule has 6 heteroatoms. The van der Waals surface area contributed by atoms with Crippen molar-refractivity contribution in [2.45, 2.75) is 25.9 Å². The first kappa shape index (κ1) is 13.6. The summed E-state index contributed by atoms with van der Waals surface area (Å²) in [5, 5.41) is 3.82. The van der Waals surface area contributed by atoms with Crippen LogP contribution in [-0.2, 0) is 11.3 Å². The minimum absolute atomic E-state index is 0.0341. The van der Waals surface area contributed by atoms with E-state index in [4.69, 9.17) is 23.2 Å². The smallest absolute Gasteiger partial charge is 0.240 e. The van der Waals surface area contributed by atoms with E-state index in [0.29, 0.717) is 23.3 Å². The number of aromatic nitrogens is 1. The van der Waals surface area contributed by atoms with Gasteiger partial charge in [-0.3, -0.25) is 9.69 Å². The van der Waals surface area contributed by atoms with E-state index in [0.717, 1.165) is 12.1 Å². The lowest BCUT2D eigenvalue weighted by molar-refractivity contribution is -0.135. The Labute approximate surface area is 116 Å². The Morgan fingerprint density at radius 3 is 2.89 bits per heavy atom. The van der Waals surface area contributed by atoms with Crippen molar-refractivity contribution in [2.24, 2.45) is 0 Å². The summed E-state index contributed by atoms with van der Waals surface area (Å²) < 4.78 is 0. The van der Waals surface area contributed by atoms with Crippen LogP contribution in [0.4, 0.5) is 0 Å². The molecule has 2 heterocycles. The molecule has 98 valence electrons. The highest BCUT2D eigenvalue weighted by Gasteiger charge is 2.37. The van der Waals surface area contributed by atoms with Crippen LogP contribution in [0, 0.1) is 0 Å². The fourth-order valence-electron chi connectivity index (χ4n) is 1.98. The lowest BCUT2D eigenvalue weighted by atomic mass is 9.98. The Morgan fingerprint density at radius 1 is 1.50 bits per heavy atom. The molecule has 0 saturated carbocycles. The lowest BCUT2D eigenvalue weighted by Gasteiger charge is -2.41. The predicted molar refractivity (Wildman–Crippen MR) is 71.8 cm³/mol. The number of nitrogens with one attached hydrogen (secondary N) is 1. The van der Waals surface area contributed by atoms with Gasteiger partial charge in [0.2, 0.25) is 5.91 Å². The van der Waals surface area contributed by atoms with Crippen LogP contribution < -0.4 is 5.32 Å². The largest absolute Gasteiger partial charge is 0.353 e. The number of halogens is 2. The topological polar surface area (TPSA) is 45.2 Å². The van der Waals surface area contributed by atoms with Gasteiger partial charge in [0.15, 0.2) is 0 Å². The zero-order chi connectivity index (χ0) is 13.3. The average Bonchev–Trinajstić information content (AvgIpc) is 2.28. The van der Waals surface area contributed by atoms with Crippen LogP contribution in [0.2, 0.25) is 10.2 Å². The Hall–Kier alpha value is -0.840. The van der Waals surface area contributed by atoms with Gasteiger partial charge in [0, 0.05) is 36.4 Å². The Balaban J connectivity index is 2.20. The maximum atomic E-state index is 11.8. The van der Waals surface area contributed by atoms with Crippen LogP contribution in [0.25, 0.3) is 0 Å². The molecule has 4 nitrogen and oxygen atoms in total. The van der Waals surface area contributed by atoms with Crippen LogP contribution in [0.3, 0.4) is 0 Å². The monoisotopic (exact) mass is 287 g/mol. The first-order chi connectivity index (χ1) is 8.41. The van der Waals surface area contributed by atoms with Crippen molar-refractivity contribution in [3.63, 3.8) is 0 Å². The summed E-state index contributed by atoms with van der Waals surface area (Å²) in [5.41, 5.74) is 0.338. The van der Waals surface area contributed by atoms with E-state index < -0.39 is 5.54 Å². The van der Waals surface area contributed by atoms with Crippen molar-refractivity contribution in [2.75, 3.05) is 13.1 Å². The van der Waals surface area contributed by atoms with Gasteiger partial charge in [0.1, 0.15) is 5.15 Å². The number of rotatable bonds is 2. The number of hydrogen-bond donors (Lipinski definition) is 1. The molecule has 0 atom stereocenters. The number of nitrogens with zero attached hydrogens (tertiary/aromatic N) is 2. The van der Waals surface area contributed by atoms with Crippen molar-refractivity contribution in [1.29, 1.82) is 0 Å². The van der Waals surface area contributed by atoms with E-state index in [1.807, 2.05) is 13.8 Å². The van der Waals surface area contributed by atoms with Crippen LogP contribution in [0.15, 0.2) is 12.3 Å². The number of hydrogen-bond acceptors (Lipinski definition) is 3. The fourth-order valence-corrected chi connectivity index (χ4v) is 2.40. The summed E-state index contributed by atoms with van der Waals surface area (Å²) in [7, 11) is 0. The number of pyridine rings is 1. The first-order valence-electron chi connectivity index (χ1n) is 5.74. The number of carbonyl (C=O) groups excluding carboxylic acids is 1. The molecule has 1 amide bonds. The van der Waals surface area contributed by atoms with E-state index in [-0.39, 0.29) is 5.91 Å². The highest BCUT2D eigenvalue weighted by Crippen LogP contribution is 2.25. The molecule has 1 aliphatic heterocycles. The van der Waals surface area contributed by atoms with Gasteiger partial charge in [0.25, 0.3) is 0 Å². The molecule has 0 aliphatic carbocycles. The van der Waals surface area contributed by atoms with Gasteiger partial charge in [-0.1, -0.05) is 23.2 Å². The predicted octanol–water partition coefficient (Wildman–Crippen LogP) is 2.10. The molecule has 0 spiro atoms. The number of piperazine rings is 1. The number of carbonyl (C=O) groups is 1. The summed E-state index contributed by atoms with van der Waals surface area (Å²) in [5.74, 6) is 0.0341. The molecular weight excluding hydrogens is 273 g/mol. The standard InChI is InChI=1S/C12H15Cl2N3O/c1-12(2)11(18)15-3-4-17(12)7-8-6-16-10(14)5-9(8)13/h5-6H,3-4,7H2,1-2H3,(H,15,18). The summed E-state index contributed by atoms with van der Waals surface area (Å²) in [6, 6.07) is 1.62. The van der Waals surface area contributed by atoms with Gasteiger partial charge < -0.3 is 5.32 Å². The normalized spacial score (nSPS) is 19.7. The minimum Gasteiger partial charge on any atom is -0.353 e. The number of amides is 1. The van der Waals surface area contributed by atoms with Crippen molar-refractivity contribution in [3.05, 3.63) is 28.0 Å². The molecule has 0 unspecified atom stereocenters. The Kier molecular flexibility index (Phi) is 3.80. The molecule has 1 fully saturated rings. The van der Waals surface area contributed by atoms with Crippen molar-refractivity contribution in [3.8, 4) is 0 Å². The molecule has 1 saturated heterocycles. The summed E-state index contributed by atoms with van der Waals surface area (Å²) in [6.45, 7) is 5.83. The molecule has 18 heavy (non-hydrogen) atoms. The summed E-state index contributed by atoms with van der Waals surface area (Å²) in [6.07, 6.45) is 1.66. The fraction of sp³-hybridized carbons (Fsp3) is 0.500. The molecule has 1 aromatic heterocycles. The highest BCUT2D eigenvalue weighted by molar-refractivity contribution is 6.34. The second kappa shape index (κ2) is 5.03. The van der Waals surface area contributed by atoms with Crippen molar-refractivity contribution >= 4 is 29.1 Å². The van der Waals surface area contributed by atoms with E-state index in [1.165, 1.54) is 0 Å². The molecular formula is C12H15Cl2N3O. The first-order valence-corrected chi connectivity index (χ1v) is 6.50. The molecule has 1 aliphatic rings. The quantitative estimate of drug-likeness (QED) is 0.848. The molecule has 0 bridgehead atoms. The molecule has 1 N–H and O–H groups in total. The van der Waals surface area contributed by atoms with Gasteiger partial charge in [-0.15, -0.1) is 0 Å². The van der Waals surface area contributed by atoms with Crippen molar-refractivity contribution in [1.82, 2.24) is 15.2 Å². The second-order valence-corrected chi connectivity index (χ2v) is 5.63. The van der Waals surface area contributed by atoms with E-state index in [9.17, 15) is 4.79 Å². The zero-order valence-electron chi connectivity index (χ0n) is 10.3. The molecule has 0 radical (unpaired) electrons. The molecule has 2 rings (SSSR count). The highest BCUT2D eigenvalue weighted by atomic mass is 35.5. The third-order valence-electron chi connectivity index (χ3n) is 3.27. The van der Waals surface area contributed by atoms with Gasteiger partial charge in [-0.2, -0.15) is 0 Å². The van der Waals surface area contributed by atoms with E-state index in [2.05, 4.69) is 15.2 Å². The third-order valence-corrected chi connectivity index (χ3v) is 3.83. The van der Waals surface area contributed by atoms with Crippen LogP contribution >= 0.6 is 23.2 Å². The van der Waals surface area contributed by atoms with Crippen LogP contribution in [-0.4, -0.2) is 34.4 Å². The SMILES string of the molecule is CC1(C)C(=O)NCCN1Cc1cnc(Cl)cc1Cl. The van der Waals surface area contributed by atoms with Gasteiger partial charge >= 0.3 is 0 Å². The van der Waals surface area contributed by atoms with Gasteiger partial charge in [-0.05, 0) is 19.9 Å². The zero-order valence-corrected chi connectivity index (χ0v) is 11.8. The second-order valence-electron chi connectivity index (χ2n) is 4.83. The molecule has 1 aromatic rings. The Morgan fingerprint density at radius 2 is 2.22 bits per heavy atom. The maximum absolute atomic E-state index is 11.8. The summed E-state index contributed by atoms with van der Waals surface area (Å²) in [4.78, 5) is 17.9. The van der Waals surface area contributed by atoms with Gasteiger partial charge in [0.05, 0.1) is 5.54 Å². The lowest BCUT2D eigenvalue weighted by Crippen LogP contribution is -2.61. The third kappa shape index (κ3) is 2.60. The van der Waals surface area contributed by atoms with Crippen LogP contribution in [0.1, 0.15) is 19.4 Å². The van der Waals surface area contributed by atoms with E-state index >= 15 is 0 Å². The average molecular weight is 288 g/mol. The minimum atomic E-state index is -0.540.